The van der Waals surface area contributed by atoms with E-state index in [0.29, 0.717) is 16.7 Å². The number of hydrogen-bond acceptors (Lipinski definition) is 6. The van der Waals surface area contributed by atoms with Gasteiger partial charge in [0.1, 0.15) is 5.75 Å². The van der Waals surface area contributed by atoms with Gasteiger partial charge in [-0.2, -0.15) is 0 Å². The van der Waals surface area contributed by atoms with E-state index in [2.05, 4.69) is 15.5 Å². The van der Waals surface area contributed by atoms with E-state index >= 15 is 0 Å². The van der Waals surface area contributed by atoms with Gasteiger partial charge in [0.2, 0.25) is 11.1 Å². The second kappa shape index (κ2) is 8.04. The monoisotopic (exact) mass is 391 g/mol. The van der Waals surface area contributed by atoms with Gasteiger partial charge in [-0.15, -0.1) is 10.2 Å². The van der Waals surface area contributed by atoms with Crippen LogP contribution in [0.5, 0.6) is 5.75 Å². The highest BCUT2D eigenvalue weighted by atomic mass is 32.2. The third kappa shape index (κ3) is 4.34. The first-order valence-electron chi connectivity index (χ1n) is 7.70. The van der Waals surface area contributed by atoms with Crippen molar-refractivity contribution in [3.05, 3.63) is 54.1 Å². The van der Waals surface area contributed by atoms with Gasteiger partial charge in [-0.3, -0.25) is 4.79 Å². The Morgan fingerprint density at radius 3 is 2.59 bits per heavy atom. The van der Waals surface area contributed by atoms with Gasteiger partial charge in [0.25, 0.3) is 0 Å². The molecule has 3 rings (SSSR count). The Balaban J connectivity index is 1.63. The summed E-state index contributed by atoms with van der Waals surface area (Å²) in [6.45, 7) is 0. The van der Waals surface area contributed by atoms with Gasteiger partial charge >= 0.3 is 0 Å². The fourth-order valence-electron chi connectivity index (χ4n) is 2.21. The summed E-state index contributed by atoms with van der Waals surface area (Å²) in [6, 6.07) is 10.2. The number of benzene rings is 2. The first-order chi connectivity index (χ1) is 13.0. The predicted octanol–water partition coefficient (Wildman–Crippen LogP) is 2.68. The molecule has 0 radical (unpaired) electrons. The molecule has 27 heavy (non-hydrogen) atoms. The molecule has 1 heterocycles. The van der Waals surface area contributed by atoms with E-state index in [1.165, 1.54) is 10.7 Å². The Morgan fingerprint density at radius 1 is 1.19 bits per heavy atom. The highest BCUT2D eigenvalue weighted by molar-refractivity contribution is 7.99. The molecular formula is C17H15F2N5O2S. The molecule has 0 fully saturated rings. The zero-order valence-corrected chi connectivity index (χ0v) is 15.0. The first kappa shape index (κ1) is 18.6. The average Bonchev–Trinajstić information content (AvgIpc) is 3.03. The van der Waals surface area contributed by atoms with Crippen molar-refractivity contribution in [1.82, 2.24) is 14.9 Å². The van der Waals surface area contributed by atoms with Crippen molar-refractivity contribution < 1.29 is 18.3 Å². The van der Waals surface area contributed by atoms with Crippen LogP contribution in [-0.4, -0.2) is 33.6 Å². The number of carbonyl (C=O) groups excluding carboxylic acids is 1. The zero-order valence-electron chi connectivity index (χ0n) is 14.1. The number of anilines is 1. The Morgan fingerprint density at radius 2 is 1.93 bits per heavy atom. The van der Waals surface area contributed by atoms with Crippen molar-refractivity contribution >= 4 is 23.4 Å². The number of nitrogens with one attached hydrogen (secondary N) is 1. The maximum absolute atomic E-state index is 13.2. The zero-order chi connectivity index (χ0) is 19.4. The van der Waals surface area contributed by atoms with Gasteiger partial charge in [-0.25, -0.2) is 13.5 Å². The molecular weight excluding hydrogens is 376 g/mol. The minimum absolute atomic E-state index is 0.0308. The molecule has 2 aromatic carbocycles. The van der Waals surface area contributed by atoms with Crippen LogP contribution in [0.1, 0.15) is 0 Å². The smallest absolute Gasteiger partial charge is 0.234 e. The van der Waals surface area contributed by atoms with E-state index in [1.54, 1.807) is 31.4 Å². The number of ether oxygens (including phenoxy) is 1. The van der Waals surface area contributed by atoms with Crippen LogP contribution < -0.4 is 15.9 Å². The number of thioether (sulfide) groups is 1. The van der Waals surface area contributed by atoms with E-state index in [-0.39, 0.29) is 11.4 Å². The fourth-order valence-corrected chi connectivity index (χ4v) is 2.87. The summed E-state index contributed by atoms with van der Waals surface area (Å²) in [5.41, 5.74) is 0.900. The molecule has 3 aromatic rings. The summed E-state index contributed by atoms with van der Waals surface area (Å²) in [5.74, 6) is 4.66. The molecule has 0 aliphatic heterocycles. The lowest BCUT2D eigenvalue weighted by atomic mass is 10.2. The van der Waals surface area contributed by atoms with Crippen LogP contribution in [0, 0.1) is 11.6 Å². The summed E-state index contributed by atoms with van der Waals surface area (Å²) in [5, 5.41) is 10.8. The molecule has 10 heteroatoms. The molecule has 0 bridgehead atoms. The number of aromatic nitrogens is 3. The van der Waals surface area contributed by atoms with Gasteiger partial charge in [0.05, 0.1) is 12.9 Å². The van der Waals surface area contributed by atoms with E-state index in [1.807, 2.05) is 0 Å². The minimum Gasteiger partial charge on any atom is -0.497 e. The molecule has 0 aliphatic carbocycles. The van der Waals surface area contributed by atoms with Crippen LogP contribution in [0.15, 0.2) is 47.6 Å². The number of nitrogens with zero attached hydrogens (tertiary/aromatic N) is 3. The highest BCUT2D eigenvalue weighted by Crippen LogP contribution is 2.23. The number of rotatable bonds is 6. The number of methoxy groups -OCH3 is 1. The molecule has 0 saturated carbocycles. The SMILES string of the molecule is COc1ccc(-c2nnc(SCC(=O)Nc3ccc(F)c(F)c3)n2N)cc1. The maximum atomic E-state index is 13.2. The molecule has 0 unspecified atom stereocenters. The third-order valence-corrected chi connectivity index (χ3v) is 4.49. The summed E-state index contributed by atoms with van der Waals surface area (Å²) in [4.78, 5) is 12.0. The second-order valence-electron chi connectivity index (χ2n) is 5.37. The van der Waals surface area contributed by atoms with Crippen molar-refractivity contribution in [3.63, 3.8) is 0 Å². The Hall–Kier alpha value is -3.14. The van der Waals surface area contributed by atoms with Crippen molar-refractivity contribution in [3.8, 4) is 17.1 Å². The number of amides is 1. The van der Waals surface area contributed by atoms with Gasteiger partial charge in [0, 0.05) is 17.3 Å². The quantitative estimate of drug-likeness (QED) is 0.496. The van der Waals surface area contributed by atoms with Gasteiger partial charge in [-0.05, 0) is 36.4 Å². The van der Waals surface area contributed by atoms with Crippen LogP contribution >= 0.6 is 11.8 Å². The van der Waals surface area contributed by atoms with E-state index in [4.69, 9.17) is 10.6 Å². The van der Waals surface area contributed by atoms with Crippen molar-refractivity contribution in [1.29, 1.82) is 0 Å². The highest BCUT2D eigenvalue weighted by Gasteiger charge is 2.14. The number of halogens is 2. The molecule has 1 amide bonds. The van der Waals surface area contributed by atoms with Crippen molar-refractivity contribution in [2.24, 2.45) is 0 Å². The largest absolute Gasteiger partial charge is 0.497 e. The van der Waals surface area contributed by atoms with E-state index in [0.717, 1.165) is 29.5 Å². The minimum atomic E-state index is -1.04. The maximum Gasteiger partial charge on any atom is 0.234 e. The Kier molecular flexibility index (Phi) is 5.55. The van der Waals surface area contributed by atoms with Crippen LogP contribution in [0.3, 0.4) is 0 Å². The number of hydrogen-bond donors (Lipinski definition) is 2. The van der Waals surface area contributed by atoms with Crippen molar-refractivity contribution in [2.75, 3.05) is 24.0 Å². The van der Waals surface area contributed by atoms with E-state index < -0.39 is 17.5 Å². The van der Waals surface area contributed by atoms with Gasteiger partial charge in [0.15, 0.2) is 17.5 Å². The van der Waals surface area contributed by atoms with Crippen molar-refractivity contribution in [2.45, 2.75) is 5.16 Å². The lowest BCUT2D eigenvalue weighted by molar-refractivity contribution is -0.113. The lowest BCUT2D eigenvalue weighted by Crippen LogP contribution is -2.16. The molecule has 140 valence electrons. The average molecular weight is 391 g/mol. The Bertz CT molecular complexity index is 962. The van der Waals surface area contributed by atoms with Gasteiger partial charge in [-0.1, -0.05) is 11.8 Å². The Labute approximate surface area is 157 Å². The topological polar surface area (TPSA) is 95.1 Å². The van der Waals surface area contributed by atoms with Crippen LogP contribution in [-0.2, 0) is 4.79 Å². The standard InChI is InChI=1S/C17H15F2N5O2S/c1-26-12-5-2-10(3-6-12)16-22-23-17(24(16)20)27-9-15(25)21-11-4-7-13(18)14(19)8-11/h2-8H,9,20H2,1H3,(H,21,25). The predicted molar refractivity (Wildman–Crippen MR) is 97.9 cm³/mol. The molecule has 3 N–H and O–H groups in total. The van der Waals surface area contributed by atoms with Gasteiger partial charge < -0.3 is 15.9 Å². The molecule has 0 aliphatic rings. The second-order valence-corrected chi connectivity index (χ2v) is 6.31. The molecule has 0 saturated heterocycles. The number of nitrogens with two attached hydrogens (primary N) is 1. The summed E-state index contributed by atoms with van der Waals surface area (Å²) >= 11 is 1.06. The fraction of sp³-hybridized carbons (Fsp3) is 0.118. The summed E-state index contributed by atoms with van der Waals surface area (Å²) in [7, 11) is 1.57. The summed E-state index contributed by atoms with van der Waals surface area (Å²) in [6.07, 6.45) is 0. The van der Waals surface area contributed by atoms with Crippen LogP contribution in [0.4, 0.5) is 14.5 Å². The van der Waals surface area contributed by atoms with E-state index in [9.17, 15) is 13.6 Å². The normalized spacial score (nSPS) is 10.6. The lowest BCUT2D eigenvalue weighted by Gasteiger charge is -2.06. The number of carbonyl (C=O) groups is 1. The third-order valence-electron chi connectivity index (χ3n) is 3.55. The first-order valence-corrected chi connectivity index (χ1v) is 8.69. The molecule has 0 atom stereocenters. The van der Waals surface area contributed by atoms with Crippen LogP contribution in [0.25, 0.3) is 11.4 Å². The summed E-state index contributed by atoms with van der Waals surface area (Å²) < 4.78 is 32.4. The molecule has 7 nitrogen and oxygen atoms in total. The van der Waals surface area contributed by atoms with Crippen LogP contribution in [0.2, 0.25) is 0 Å². The molecule has 1 aromatic heterocycles. The number of nitrogen functional groups attached to an aromatic ring is 1. The molecule has 0 spiro atoms.